The third-order valence-electron chi connectivity index (χ3n) is 2.57. The van der Waals surface area contributed by atoms with Crippen molar-refractivity contribution in [2.24, 2.45) is 0 Å². The van der Waals surface area contributed by atoms with Crippen LogP contribution in [0.25, 0.3) is 0 Å². The molecule has 0 unspecified atom stereocenters. The van der Waals surface area contributed by atoms with Crippen LogP contribution in [0.2, 0.25) is 0 Å². The van der Waals surface area contributed by atoms with E-state index in [0.717, 1.165) is 4.90 Å². The fraction of sp³-hybridized carbons (Fsp3) is 0.444. The quantitative estimate of drug-likeness (QED) is 0.602. The minimum Gasteiger partial charge on any atom is -0.480 e. The van der Waals surface area contributed by atoms with Crippen molar-refractivity contribution in [1.82, 2.24) is 15.1 Å². The summed E-state index contributed by atoms with van der Waals surface area (Å²) in [7, 11) is 0. The third kappa shape index (κ3) is 1.76. The van der Waals surface area contributed by atoms with Crippen molar-refractivity contribution in [2.75, 3.05) is 6.54 Å². The summed E-state index contributed by atoms with van der Waals surface area (Å²) in [6.07, 6.45) is 2.01. The molecule has 0 bridgehead atoms. The lowest BCUT2D eigenvalue weighted by Crippen LogP contribution is -2.40. The molecule has 0 spiro atoms. The molecule has 1 aromatic heterocycles. The minimum absolute atomic E-state index is 0.0426. The number of aliphatic carboxylic acids is 1. The van der Waals surface area contributed by atoms with Crippen LogP contribution in [0.15, 0.2) is 12.4 Å². The van der Waals surface area contributed by atoms with Gasteiger partial charge in [-0.2, -0.15) is 5.10 Å². The molecular weight excluding hydrogens is 214 g/mol. The lowest BCUT2D eigenvalue weighted by molar-refractivity contribution is -0.141. The lowest BCUT2D eigenvalue weighted by Gasteiger charge is -2.20. The number of carboxylic acid groups (broad SMARTS) is 1. The summed E-state index contributed by atoms with van der Waals surface area (Å²) < 4.78 is 0. The number of H-pyrrole nitrogens is 1. The van der Waals surface area contributed by atoms with Crippen LogP contribution < -0.4 is 0 Å². The van der Waals surface area contributed by atoms with Gasteiger partial charge in [0.15, 0.2) is 0 Å². The van der Waals surface area contributed by atoms with Crippen LogP contribution in [0.4, 0.5) is 0 Å². The molecule has 1 aliphatic rings. The first-order valence-electron chi connectivity index (χ1n) is 4.80. The second-order valence-corrected chi connectivity index (χ2v) is 3.69. The molecule has 2 heterocycles. The van der Waals surface area contributed by atoms with Crippen molar-refractivity contribution in [3.8, 4) is 0 Å². The van der Waals surface area contributed by atoms with Crippen LogP contribution >= 0.6 is 0 Å². The summed E-state index contributed by atoms with van der Waals surface area (Å²) in [5, 5.41) is 24.4. The molecule has 7 heteroatoms. The van der Waals surface area contributed by atoms with Gasteiger partial charge >= 0.3 is 5.97 Å². The number of nitrogens with one attached hydrogen (secondary N) is 1. The number of likely N-dealkylation sites (tertiary alicyclic amines) is 1. The van der Waals surface area contributed by atoms with Crippen LogP contribution in [-0.2, 0) is 4.79 Å². The zero-order valence-corrected chi connectivity index (χ0v) is 8.33. The SMILES string of the molecule is O=C(O)[C@@H]1C[C@@H](O)CN1C(=O)c1cn[nH]c1. The van der Waals surface area contributed by atoms with Gasteiger partial charge in [0, 0.05) is 19.2 Å². The van der Waals surface area contributed by atoms with E-state index in [0.29, 0.717) is 5.56 Å². The monoisotopic (exact) mass is 225 g/mol. The van der Waals surface area contributed by atoms with Gasteiger partial charge < -0.3 is 15.1 Å². The summed E-state index contributed by atoms with van der Waals surface area (Å²) in [5.74, 6) is -1.54. The topological polar surface area (TPSA) is 107 Å². The maximum absolute atomic E-state index is 11.9. The number of carboxylic acids is 1. The highest BCUT2D eigenvalue weighted by atomic mass is 16.4. The molecule has 0 saturated carbocycles. The Hall–Kier alpha value is -1.89. The van der Waals surface area contributed by atoms with Gasteiger partial charge in [-0.1, -0.05) is 0 Å². The highest BCUT2D eigenvalue weighted by molar-refractivity contribution is 5.96. The molecule has 7 nitrogen and oxygen atoms in total. The Balaban J connectivity index is 2.20. The van der Waals surface area contributed by atoms with Crippen LogP contribution in [-0.4, -0.2) is 55.9 Å². The zero-order chi connectivity index (χ0) is 11.7. The molecule has 1 amide bonds. The smallest absolute Gasteiger partial charge is 0.326 e. The Bertz CT molecular complexity index is 403. The predicted molar refractivity (Wildman–Crippen MR) is 51.7 cm³/mol. The third-order valence-corrected chi connectivity index (χ3v) is 2.57. The normalized spacial score (nSPS) is 24.7. The number of aliphatic hydroxyl groups excluding tert-OH is 1. The van der Waals surface area contributed by atoms with Crippen LogP contribution in [0.5, 0.6) is 0 Å². The molecule has 2 atom stereocenters. The standard InChI is InChI=1S/C9H11N3O4/c13-6-1-7(9(15)16)12(4-6)8(14)5-2-10-11-3-5/h2-3,6-7,13H,1,4H2,(H,10,11)(H,15,16)/t6-,7+/m1/s1. The van der Waals surface area contributed by atoms with Crippen molar-refractivity contribution in [3.05, 3.63) is 18.0 Å². The van der Waals surface area contributed by atoms with E-state index < -0.39 is 24.0 Å². The summed E-state index contributed by atoms with van der Waals surface area (Å²) in [4.78, 5) is 23.9. The van der Waals surface area contributed by atoms with Crippen LogP contribution in [0, 0.1) is 0 Å². The molecule has 1 aliphatic heterocycles. The van der Waals surface area contributed by atoms with Crippen molar-refractivity contribution < 1.29 is 19.8 Å². The van der Waals surface area contributed by atoms with Gasteiger partial charge in [-0.05, 0) is 0 Å². The first-order valence-corrected chi connectivity index (χ1v) is 4.80. The van der Waals surface area contributed by atoms with Gasteiger partial charge in [0.25, 0.3) is 5.91 Å². The van der Waals surface area contributed by atoms with E-state index in [4.69, 9.17) is 5.11 Å². The fourth-order valence-electron chi connectivity index (χ4n) is 1.81. The number of rotatable bonds is 2. The summed E-state index contributed by atoms with van der Waals surface area (Å²) >= 11 is 0. The molecule has 2 rings (SSSR count). The minimum atomic E-state index is -1.10. The maximum Gasteiger partial charge on any atom is 0.326 e. The van der Waals surface area contributed by atoms with E-state index in [9.17, 15) is 14.7 Å². The molecule has 0 radical (unpaired) electrons. The second-order valence-electron chi connectivity index (χ2n) is 3.69. The van der Waals surface area contributed by atoms with Crippen molar-refractivity contribution in [1.29, 1.82) is 0 Å². The van der Waals surface area contributed by atoms with Gasteiger partial charge in [-0.15, -0.1) is 0 Å². The van der Waals surface area contributed by atoms with Gasteiger partial charge in [0.1, 0.15) is 6.04 Å². The van der Waals surface area contributed by atoms with E-state index in [1.807, 2.05) is 0 Å². The molecule has 1 fully saturated rings. The number of β-amino-alcohol motifs (C(OH)–C–C–N with tert-alkyl or cyclic N) is 1. The highest BCUT2D eigenvalue weighted by Gasteiger charge is 2.39. The molecule has 3 N–H and O–H groups in total. The zero-order valence-electron chi connectivity index (χ0n) is 8.33. The Morgan fingerprint density at radius 1 is 1.56 bits per heavy atom. The second kappa shape index (κ2) is 3.93. The summed E-state index contributed by atoms with van der Waals surface area (Å²) in [6, 6.07) is -0.961. The number of amides is 1. The Morgan fingerprint density at radius 3 is 2.88 bits per heavy atom. The predicted octanol–water partition coefficient (Wildman–Crippen LogP) is -0.930. The average molecular weight is 225 g/mol. The van der Waals surface area contributed by atoms with Gasteiger partial charge in [-0.25, -0.2) is 4.79 Å². The first kappa shape index (κ1) is 10.6. The number of hydrogen-bond donors (Lipinski definition) is 3. The Labute approximate surface area is 90.7 Å². The molecular formula is C9H11N3O4. The van der Waals surface area contributed by atoms with Crippen LogP contribution in [0.1, 0.15) is 16.8 Å². The Kier molecular flexibility index (Phi) is 2.61. The van der Waals surface area contributed by atoms with E-state index in [-0.39, 0.29) is 13.0 Å². The number of carbonyl (C=O) groups is 2. The first-order chi connectivity index (χ1) is 7.59. The molecule has 16 heavy (non-hydrogen) atoms. The molecule has 1 saturated heterocycles. The van der Waals surface area contributed by atoms with E-state index in [1.54, 1.807) is 0 Å². The molecule has 0 aliphatic carbocycles. The number of nitrogens with zero attached hydrogens (tertiary/aromatic N) is 2. The molecule has 1 aromatic rings. The Morgan fingerprint density at radius 2 is 2.31 bits per heavy atom. The van der Waals surface area contributed by atoms with E-state index in [2.05, 4.69) is 10.2 Å². The van der Waals surface area contributed by atoms with Gasteiger partial charge in [0.2, 0.25) is 0 Å². The van der Waals surface area contributed by atoms with Crippen LogP contribution in [0.3, 0.4) is 0 Å². The molecule has 86 valence electrons. The molecule has 0 aromatic carbocycles. The summed E-state index contributed by atoms with van der Waals surface area (Å²) in [5.41, 5.74) is 0.292. The summed E-state index contributed by atoms with van der Waals surface area (Å²) in [6.45, 7) is 0.0426. The lowest BCUT2D eigenvalue weighted by atomic mass is 10.2. The van der Waals surface area contributed by atoms with Crippen molar-refractivity contribution in [3.63, 3.8) is 0 Å². The number of aliphatic hydroxyl groups is 1. The maximum atomic E-state index is 11.9. The van der Waals surface area contributed by atoms with Crippen molar-refractivity contribution in [2.45, 2.75) is 18.6 Å². The fourth-order valence-corrected chi connectivity index (χ4v) is 1.81. The van der Waals surface area contributed by atoms with Gasteiger partial charge in [0.05, 0.1) is 17.9 Å². The van der Waals surface area contributed by atoms with E-state index in [1.165, 1.54) is 12.4 Å². The highest BCUT2D eigenvalue weighted by Crippen LogP contribution is 2.20. The number of aromatic amines is 1. The van der Waals surface area contributed by atoms with Crippen molar-refractivity contribution >= 4 is 11.9 Å². The number of carbonyl (C=O) groups excluding carboxylic acids is 1. The number of aromatic nitrogens is 2. The average Bonchev–Trinajstić information content (AvgIpc) is 2.84. The largest absolute Gasteiger partial charge is 0.480 e. The van der Waals surface area contributed by atoms with E-state index >= 15 is 0 Å². The van der Waals surface area contributed by atoms with Gasteiger partial charge in [-0.3, -0.25) is 9.89 Å². The number of hydrogen-bond acceptors (Lipinski definition) is 4.